The number of rotatable bonds is 12. The number of nitrogens with one attached hydrogen (secondary N) is 1. The molecule has 116 valence electrons. The first kappa shape index (κ1) is 17.5. The predicted molar refractivity (Wildman–Crippen MR) is 88.2 cm³/mol. The number of hydrogen-bond donors (Lipinski definition) is 2. The van der Waals surface area contributed by atoms with Crippen molar-refractivity contribution in [2.75, 3.05) is 7.11 Å². The molecule has 0 radical (unpaired) electrons. The molecule has 4 heteroatoms. The quantitative estimate of drug-likeness (QED) is 0.331. The van der Waals surface area contributed by atoms with Crippen molar-refractivity contribution in [3.8, 4) is 5.75 Å². The smallest absolute Gasteiger partial charge is 0.129 e. The van der Waals surface area contributed by atoms with E-state index in [0.29, 0.717) is 0 Å². The summed E-state index contributed by atoms with van der Waals surface area (Å²) in [5, 5.41) is 2.04. The largest absolute Gasteiger partial charge is 0.496 e. The van der Waals surface area contributed by atoms with E-state index in [1.165, 1.54) is 56.2 Å². The molecular weight excluding hydrogens is 268 g/mol. The SMILES string of the molecule is CCCCCCCCCCC(NN)c1cc(OC)cs1. The molecule has 3 nitrogen and oxygen atoms in total. The Balaban J connectivity index is 2.12. The van der Waals surface area contributed by atoms with Crippen molar-refractivity contribution in [2.24, 2.45) is 5.84 Å². The van der Waals surface area contributed by atoms with Gasteiger partial charge in [-0.1, -0.05) is 58.3 Å². The summed E-state index contributed by atoms with van der Waals surface area (Å²) < 4.78 is 5.22. The van der Waals surface area contributed by atoms with Crippen molar-refractivity contribution in [1.82, 2.24) is 5.43 Å². The lowest BCUT2D eigenvalue weighted by molar-refractivity contribution is 0.415. The van der Waals surface area contributed by atoms with Gasteiger partial charge in [0.1, 0.15) is 5.75 Å². The van der Waals surface area contributed by atoms with Gasteiger partial charge in [-0.05, 0) is 12.5 Å². The monoisotopic (exact) mass is 298 g/mol. The molecule has 0 aliphatic heterocycles. The van der Waals surface area contributed by atoms with Gasteiger partial charge in [0, 0.05) is 10.3 Å². The summed E-state index contributed by atoms with van der Waals surface area (Å²) in [6.07, 6.45) is 11.9. The van der Waals surface area contributed by atoms with Crippen LogP contribution in [0.25, 0.3) is 0 Å². The molecule has 1 atom stereocenters. The number of hydrazine groups is 1. The van der Waals surface area contributed by atoms with Crippen LogP contribution in [0.15, 0.2) is 11.4 Å². The second kappa shape index (κ2) is 11.1. The van der Waals surface area contributed by atoms with Crippen LogP contribution in [-0.2, 0) is 0 Å². The molecule has 0 amide bonds. The highest BCUT2D eigenvalue weighted by Gasteiger charge is 2.12. The van der Waals surface area contributed by atoms with Gasteiger partial charge in [0.05, 0.1) is 13.2 Å². The third kappa shape index (κ3) is 6.73. The lowest BCUT2D eigenvalue weighted by Crippen LogP contribution is -2.27. The highest BCUT2D eigenvalue weighted by atomic mass is 32.1. The number of unbranched alkanes of at least 4 members (excludes halogenated alkanes) is 7. The van der Waals surface area contributed by atoms with Crippen molar-refractivity contribution in [2.45, 2.75) is 70.8 Å². The molecule has 0 bridgehead atoms. The van der Waals surface area contributed by atoms with Gasteiger partial charge in [-0.3, -0.25) is 11.3 Å². The molecule has 20 heavy (non-hydrogen) atoms. The lowest BCUT2D eigenvalue weighted by atomic mass is 10.0. The normalized spacial score (nSPS) is 12.6. The Morgan fingerprint density at radius 1 is 1.15 bits per heavy atom. The Kier molecular flexibility index (Phi) is 9.71. The molecule has 1 heterocycles. The van der Waals surface area contributed by atoms with Gasteiger partial charge < -0.3 is 4.74 Å². The zero-order valence-electron chi connectivity index (χ0n) is 13.0. The van der Waals surface area contributed by atoms with E-state index in [1.54, 1.807) is 18.4 Å². The Morgan fingerprint density at radius 3 is 2.35 bits per heavy atom. The van der Waals surface area contributed by atoms with Crippen LogP contribution >= 0.6 is 11.3 Å². The summed E-state index contributed by atoms with van der Waals surface area (Å²) in [5.41, 5.74) is 2.93. The van der Waals surface area contributed by atoms with Crippen molar-refractivity contribution < 1.29 is 4.74 Å². The number of hydrogen-bond acceptors (Lipinski definition) is 4. The average molecular weight is 298 g/mol. The van der Waals surface area contributed by atoms with Gasteiger partial charge in [0.15, 0.2) is 0 Å². The second-order valence-corrected chi connectivity index (χ2v) is 6.31. The standard InChI is InChI=1S/C16H30N2OS/c1-3-4-5-6-7-8-9-10-11-15(18-17)16-12-14(19-2)13-20-16/h12-13,15,18H,3-11,17H2,1-2H3. The topological polar surface area (TPSA) is 47.3 Å². The molecule has 1 aromatic heterocycles. The Hall–Kier alpha value is -0.580. The number of ether oxygens (including phenoxy) is 1. The van der Waals surface area contributed by atoms with Crippen LogP contribution in [-0.4, -0.2) is 7.11 Å². The molecule has 0 saturated carbocycles. The van der Waals surface area contributed by atoms with Crippen molar-refractivity contribution in [3.63, 3.8) is 0 Å². The average Bonchev–Trinajstić information content (AvgIpc) is 2.94. The molecule has 1 aromatic rings. The summed E-state index contributed by atoms with van der Waals surface area (Å²) in [7, 11) is 1.70. The molecule has 0 saturated heterocycles. The Morgan fingerprint density at radius 2 is 1.80 bits per heavy atom. The molecule has 1 unspecified atom stereocenters. The van der Waals surface area contributed by atoms with E-state index in [2.05, 4.69) is 18.4 Å². The highest BCUT2D eigenvalue weighted by Crippen LogP contribution is 2.29. The van der Waals surface area contributed by atoms with Crippen LogP contribution < -0.4 is 16.0 Å². The van der Waals surface area contributed by atoms with Crippen LogP contribution in [0.4, 0.5) is 0 Å². The molecule has 0 aliphatic carbocycles. The van der Waals surface area contributed by atoms with Crippen LogP contribution in [0.2, 0.25) is 0 Å². The summed E-state index contributed by atoms with van der Waals surface area (Å²) >= 11 is 1.72. The highest BCUT2D eigenvalue weighted by molar-refractivity contribution is 7.10. The van der Waals surface area contributed by atoms with Gasteiger partial charge in [-0.25, -0.2) is 0 Å². The summed E-state index contributed by atoms with van der Waals surface area (Å²) in [4.78, 5) is 1.27. The van der Waals surface area contributed by atoms with Crippen molar-refractivity contribution >= 4 is 11.3 Å². The number of nitrogens with two attached hydrogens (primary N) is 1. The molecule has 0 fully saturated rings. The minimum Gasteiger partial charge on any atom is -0.496 e. The maximum Gasteiger partial charge on any atom is 0.129 e. The first-order valence-corrected chi connectivity index (χ1v) is 8.78. The van der Waals surface area contributed by atoms with Gasteiger partial charge in [-0.15, -0.1) is 11.3 Å². The van der Waals surface area contributed by atoms with Crippen LogP contribution in [0.1, 0.15) is 75.6 Å². The summed E-state index contributed by atoms with van der Waals surface area (Å²) in [5.74, 6) is 6.60. The number of methoxy groups -OCH3 is 1. The molecule has 1 rings (SSSR count). The van der Waals surface area contributed by atoms with E-state index in [-0.39, 0.29) is 6.04 Å². The third-order valence-electron chi connectivity index (χ3n) is 3.72. The Bertz CT molecular complexity index is 341. The van der Waals surface area contributed by atoms with E-state index in [9.17, 15) is 0 Å². The fourth-order valence-electron chi connectivity index (χ4n) is 2.41. The lowest BCUT2D eigenvalue weighted by Gasteiger charge is -2.13. The van der Waals surface area contributed by atoms with E-state index in [4.69, 9.17) is 10.6 Å². The van der Waals surface area contributed by atoms with Crippen LogP contribution in [0.3, 0.4) is 0 Å². The van der Waals surface area contributed by atoms with Crippen LogP contribution in [0, 0.1) is 0 Å². The van der Waals surface area contributed by atoms with Crippen molar-refractivity contribution in [1.29, 1.82) is 0 Å². The summed E-state index contributed by atoms with van der Waals surface area (Å²) in [6, 6.07) is 2.35. The maximum atomic E-state index is 5.67. The van der Waals surface area contributed by atoms with Crippen molar-refractivity contribution in [3.05, 3.63) is 16.3 Å². The maximum absolute atomic E-state index is 5.67. The number of thiophene rings is 1. The van der Waals surface area contributed by atoms with Crippen LogP contribution in [0.5, 0.6) is 5.75 Å². The molecule has 0 aliphatic rings. The van der Waals surface area contributed by atoms with E-state index in [0.717, 1.165) is 12.2 Å². The zero-order chi connectivity index (χ0) is 14.6. The van der Waals surface area contributed by atoms with E-state index in [1.807, 2.05) is 5.38 Å². The third-order valence-corrected chi connectivity index (χ3v) is 4.75. The van der Waals surface area contributed by atoms with Gasteiger partial charge in [-0.2, -0.15) is 0 Å². The minimum atomic E-state index is 0.268. The molecular formula is C16H30N2OS. The van der Waals surface area contributed by atoms with Gasteiger partial charge in [0.25, 0.3) is 0 Å². The van der Waals surface area contributed by atoms with E-state index >= 15 is 0 Å². The fraction of sp³-hybridized carbons (Fsp3) is 0.750. The molecule has 0 spiro atoms. The molecule has 0 aromatic carbocycles. The van der Waals surface area contributed by atoms with E-state index < -0.39 is 0 Å². The predicted octanol–water partition coefficient (Wildman–Crippen LogP) is 4.79. The second-order valence-electron chi connectivity index (χ2n) is 5.37. The first-order valence-electron chi connectivity index (χ1n) is 7.90. The first-order chi connectivity index (χ1) is 9.81. The zero-order valence-corrected chi connectivity index (χ0v) is 13.8. The fourth-order valence-corrected chi connectivity index (χ4v) is 3.37. The Labute approximate surface area is 127 Å². The summed E-state index contributed by atoms with van der Waals surface area (Å²) in [6.45, 7) is 2.26. The molecule has 3 N–H and O–H groups in total. The minimum absolute atomic E-state index is 0.268. The van der Waals surface area contributed by atoms with Gasteiger partial charge >= 0.3 is 0 Å². The van der Waals surface area contributed by atoms with Gasteiger partial charge in [0.2, 0.25) is 0 Å².